The van der Waals surface area contributed by atoms with Crippen molar-refractivity contribution in [3.63, 3.8) is 0 Å². The van der Waals surface area contributed by atoms with Crippen LogP contribution in [0.2, 0.25) is 19.6 Å². The Hall–Kier alpha value is -0.653. The Morgan fingerprint density at radius 3 is 2.56 bits per heavy atom. The normalized spacial score (nSPS) is 33.2. The van der Waals surface area contributed by atoms with Gasteiger partial charge >= 0.3 is 5.97 Å². The summed E-state index contributed by atoms with van der Waals surface area (Å²) in [5, 5.41) is 10.5. The second-order valence-corrected chi connectivity index (χ2v) is 14.6. The first-order valence-electron chi connectivity index (χ1n) is 10.6. The fourth-order valence-corrected chi connectivity index (χ4v) is 7.07. The van der Waals surface area contributed by atoms with Crippen molar-refractivity contribution >= 4 is 14.3 Å². The van der Waals surface area contributed by atoms with E-state index in [0.717, 1.165) is 0 Å². The van der Waals surface area contributed by atoms with Gasteiger partial charge in [0.05, 0.1) is 13.2 Å². The summed E-state index contributed by atoms with van der Waals surface area (Å²) in [5.41, 5.74) is 0.662. The fourth-order valence-electron chi connectivity index (χ4n) is 5.88. The van der Waals surface area contributed by atoms with Gasteiger partial charge in [-0.15, -0.1) is 0 Å². The summed E-state index contributed by atoms with van der Waals surface area (Å²) >= 11 is 0. The number of aliphatic hydroxyl groups is 1. The highest BCUT2D eigenvalue weighted by Crippen LogP contribution is 2.59. The Bertz CT molecular complexity index is 541. The van der Waals surface area contributed by atoms with E-state index in [1.165, 1.54) is 39.2 Å². The number of methoxy groups -OCH3 is 1. The van der Waals surface area contributed by atoms with E-state index in [1.54, 1.807) is 0 Å². The molecule has 4 nitrogen and oxygen atoms in total. The number of hydrogen-bond donors (Lipinski definition) is 1. The summed E-state index contributed by atoms with van der Waals surface area (Å²) in [4.78, 5) is 11.5. The van der Waals surface area contributed by atoms with Gasteiger partial charge in [-0.2, -0.15) is 0 Å². The molecule has 2 aliphatic carbocycles. The topological polar surface area (TPSA) is 55.8 Å². The van der Waals surface area contributed by atoms with Gasteiger partial charge in [0, 0.05) is 18.1 Å². The highest BCUT2D eigenvalue weighted by atomic mass is 28.4. The third-order valence-electron chi connectivity index (χ3n) is 6.93. The Labute approximate surface area is 166 Å². The number of aliphatic hydroxyl groups excluding tert-OH is 1. The zero-order chi connectivity index (χ0) is 20.4. The average Bonchev–Trinajstić information content (AvgIpc) is 2.90. The van der Waals surface area contributed by atoms with Gasteiger partial charge in [0.15, 0.2) is 8.32 Å². The molecule has 2 fully saturated rings. The third kappa shape index (κ3) is 5.45. The zero-order valence-electron chi connectivity index (χ0n) is 18.2. The number of rotatable bonds is 8. The van der Waals surface area contributed by atoms with Crippen molar-refractivity contribution in [3.05, 3.63) is 12.2 Å². The van der Waals surface area contributed by atoms with E-state index in [1.807, 2.05) is 0 Å². The van der Waals surface area contributed by atoms with E-state index in [4.69, 9.17) is 9.16 Å². The smallest absolute Gasteiger partial charge is 0.333 e. The van der Waals surface area contributed by atoms with Crippen LogP contribution in [0.15, 0.2) is 12.2 Å². The lowest BCUT2D eigenvalue weighted by atomic mass is 9.61. The molecule has 2 saturated carbocycles. The minimum atomic E-state index is -1.54. The summed E-state index contributed by atoms with van der Waals surface area (Å²) in [6, 6.07) is 0. The van der Waals surface area contributed by atoms with Gasteiger partial charge in [-0.1, -0.05) is 26.8 Å². The van der Waals surface area contributed by atoms with E-state index in [-0.39, 0.29) is 0 Å². The molecule has 0 aromatic rings. The van der Waals surface area contributed by atoms with E-state index in [9.17, 15) is 9.90 Å². The van der Waals surface area contributed by atoms with Crippen LogP contribution in [0.25, 0.3) is 0 Å². The second kappa shape index (κ2) is 8.79. The molecule has 2 rings (SSSR count). The zero-order valence-corrected chi connectivity index (χ0v) is 19.2. The van der Waals surface area contributed by atoms with Crippen LogP contribution in [0.4, 0.5) is 0 Å². The SMILES string of the molecule is C=C(C[C@H](O)C[C@@H](C)[C@H]1CCC2C(O[Si](C)(C)C)CCC[C@@]21C)C(=O)OC. The minimum Gasteiger partial charge on any atom is -0.466 e. The van der Waals surface area contributed by atoms with Crippen LogP contribution in [0.5, 0.6) is 0 Å². The number of carbonyl (C=O) groups is 1. The van der Waals surface area contributed by atoms with Crippen LogP contribution in [0, 0.1) is 23.2 Å². The molecule has 0 radical (unpaired) electrons. The summed E-state index contributed by atoms with van der Waals surface area (Å²) < 4.78 is 11.3. The van der Waals surface area contributed by atoms with Crippen molar-refractivity contribution in [2.75, 3.05) is 7.11 Å². The number of carbonyl (C=O) groups excluding carboxylic acids is 1. The van der Waals surface area contributed by atoms with Crippen LogP contribution in [-0.2, 0) is 14.0 Å². The van der Waals surface area contributed by atoms with Gasteiger partial charge < -0.3 is 14.3 Å². The van der Waals surface area contributed by atoms with Crippen LogP contribution in [-0.4, -0.2) is 38.7 Å². The number of esters is 1. The van der Waals surface area contributed by atoms with Crippen LogP contribution in [0.3, 0.4) is 0 Å². The number of ether oxygens (including phenoxy) is 1. The molecule has 1 N–H and O–H groups in total. The first kappa shape index (κ1) is 22.6. The van der Waals surface area contributed by atoms with Crippen LogP contribution in [0.1, 0.15) is 58.8 Å². The molecule has 27 heavy (non-hydrogen) atoms. The molecule has 0 heterocycles. The maximum absolute atomic E-state index is 11.5. The van der Waals surface area contributed by atoms with Gasteiger partial charge in [0.25, 0.3) is 0 Å². The molecule has 0 bridgehead atoms. The molecule has 0 aromatic carbocycles. The molecule has 0 aliphatic heterocycles. The Kier molecular flexibility index (Phi) is 7.37. The minimum absolute atomic E-state index is 0.297. The van der Waals surface area contributed by atoms with Crippen molar-refractivity contribution in [2.24, 2.45) is 23.2 Å². The highest BCUT2D eigenvalue weighted by molar-refractivity contribution is 6.69. The van der Waals surface area contributed by atoms with E-state index < -0.39 is 20.4 Å². The molecule has 2 unspecified atom stereocenters. The maximum atomic E-state index is 11.5. The lowest BCUT2D eigenvalue weighted by Crippen LogP contribution is -2.46. The fraction of sp³-hybridized carbons (Fsp3) is 0.864. The standard InChI is InChI=1S/C22H40O4Si/c1-15(13-17(23)14-16(2)21(24)25-4)18-10-11-19-20(26-27(5,6)7)9-8-12-22(18,19)3/h15,17-20,23H,2,8-14H2,1,3-7H3/t15-,17-,18-,19?,20?,22-/m1/s1. The Balaban J connectivity index is 2.00. The van der Waals surface area contributed by atoms with Gasteiger partial charge in [0.2, 0.25) is 0 Å². The van der Waals surface area contributed by atoms with E-state index in [2.05, 4.69) is 40.1 Å². The second-order valence-electron chi connectivity index (χ2n) is 10.1. The van der Waals surface area contributed by atoms with E-state index in [0.29, 0.717) is 47.7 Å². The van der Waals surface area contributed by atoms with Crippen LogP contribution >= 0.6 is 0 Å². The quantitative estimate of drug-likeness (QED) is 0.359. The lowest BCUT2D eigenvalue weighted by Gasteiger charge is -2.48. The molecule has 156 valence electrons. The van der Waals surface area contributed by atoms with Gasteiger partial charge in [-0.05, 0) is 74.9 Å². The van der Waals surface area contributed by atoms with Gasteiger partial charge in [0.1, 0.15) is 0 Å². The molecule has 0 aromatic heterocycles. The predicted octanol–water partition coefficient (Wildman–Crippen LogP) is 4.93. The summed E-state index contributed by atoms with van der Waals surface area (Å²) in [7, 11) is -0.188. The largest absolute Gasteiger partial charge is 0.466 e. The average molecular weight is 397 g/mol. The molecule has 2 aliphatic rings. The van der Waals surface area contributed by atoms with Crippen LogP contribution < -0.4 is 0 Å². The third-order valence-corrected chi connectivity index (χ3v) is 7.94. The molecular formula is C22H40O4Si. The molecule has 6 atom stereocenters. The maximum Gasteiger partial charge on any atom is 0.333 e. The lowest BCUT2D eigenvalue weighted by molar-refractivity contribution is -0.136. The van der Waals surface area contributed by atoms with Crippen molar-refractivity contribution in [2.45, 2.75) is 90.6 Å². The first-order valence-corrected chi connectivity index (χ1v) is 14.0. The monoisotopic (exact) mass is 396 g/mol. The summed E-state index contributed by atoms with van der Waals surface area (Å²) in [6.45, 7) is 15.3. The summed E-state index contributed by atoms with van der Waals surface area (Å²) in [5.74, 6) is 1.25. The first-order chi connectivity index (χ1) is 12.5. The van der Waals surface area contributed by atoms with E-state index >= 15 is 0 Å². The molecule has 5 heteroatoms. The Morgan fingerprint density at radius 2 is 1.96 bits per heavy atom. The molecule has 0 amide bonds. The van der Waals surface area contributed by atoms with Gasteiger partial charge in [-0.3, -0.25) is 0 Å². The number of fused-ring (bicyclic) bond motifs is 1. The molecular weight excluding hydrogens is 356 g/mol. The van der Waals surface area contributed by atoms with Crippen molar-refractivity contribution in [1.82, 2.24) is 0 Å². The van der Waals surface area contributed by atoms with Crippen molar-refractivity contribution < 1.29 is 19.1 Å². The highest BCUT2D eigenvalue weighted by Gasteiger charge is 2.53. The molecule has 0 spiro atoms. The Morgan fingerprint density at radius 1 is 1.30 bits per heavy atom. The van der Waals surface area contributed by atoms with Crippen molar-refractivity contribution in [3.8, 4) is 0 Å². The number of hydrogen-bond acceptors (Lipinski definition) is 4. The summed E-state index contributed by atoms with van der Waals surface area (Å²) in [6.07, 6.45) is 7.06. The molecule has 0 saturated heterocycles. The predicted molar refractivity (Wildman–Crippen MR) is 112 cm³/mol. The van der Waals surface area contributed by atoms with Crippen molar-refractivity contribution in [1.29, 1.82) is 0 Å². The van der Waals surface area contributed by atoms with Gasteiger partial charge in [-0.25, -0.2) is 4.79 Å².